The Morgan fingerprint density at radius 3 is 3.00 bits per heavy atom. The minimum atomic E-state index is 0.305. The van der Waals surface area contributed by atoms with Crippen molar-refractivity contribution in [3.8, 4) is 0 Å². The van der Waals surface area contributed by atoms with Crippen molar-refractivity contribution in [3.63, 3.8) is 0 Å². The first-order valence-electron chi connectivity index (χ1n) is 6.82. The molecule has 0 amide bonds. The Morgan fingerprint density at radius 1 is 1.40 bits per heavy atom. The quantitative estimate of drug-likeness (QED) is 0.729. The van der Waals surface area contributed by atoms with Crippen LogP contribution < -0.4 is 10.6 Å². The fourth-order valence-electron chi connectivity index (χ4n) is 1.83. The molecule has 2 aromatic rings. The van der Waals surface area contributed by atoms with Crippen molar-refractivity contribution in [2.24, 2.45) is 0 Å². The predicted molar refractivity (Wildman–Crippen MR) is 90.3 cm³/mol. The molecule has 0 saturated heterocycles. The van der Waals surface area contributed by atoms with Gasteiger partial charge < -0.3 is 10.6 Å². The van der Waals surface area contributed by atoms with Crippen molar-refractivity contribution < 1.29 is 0 Å². The summed E-state index contributed by atoms with van der Waals surface area (Å²) in [6.45, 7) is 5.35. The van der Waals surface area contributed by atoms with Crippen LogP contribution in [0.5, 0.6) is 0 Å². The van der Waals surface area contributed by atoms with Gasteiger partial charge in [-0.1, -0.05) is 13.0 Å². The topological polar surface area (TPSA) is 37.0 Å². The van der Waals surface area contributed by atoms with E-state index in [1.165, 1.54) is 4.90 Å². The second-order valence-corrected chi connectivity index (χ2v) is 6.35. The van der Waals surface area contributed by atoms with Crippen LogP contribution in [-0.2, 0) is 0 Å². The molecule has 1 heterocycles. The van der Waals surface area contributed by atoms with Crippen LogP contribution in [0.15, 0.2) is 34.5 Å². The zero-order valence-electron chi connectivity index (χ0n) is 12.1. The van der Waals surface area contributed by atoms with Gasteiger partial charge in [0, 0.05) is 22.0 Å². The normalized spacial score (nSPS) is 12.3. The fraction of sp³-hybridized carbons (Fsp3) is 0.400. The number of thiazole rings is 1. The first-order chi connectivity index (χ1) is 9.72. The van der Waals surface area contributed by atoms with E-state index >= 15 is 0 Å². The van der Waals surface area contributed by atoms with Crippen molar-refractivity contribution in [1.82, 2.24) is 10.3 Å². The van der Waals surface area contributed by atoms with Gasteiger partial charge >= 0.3 is 0 Å². The van der Waals surface area contributed by atoms with Crippen LogP contribution in [0.2, 0.25) is 0 Å². The van der Waals surface area contributed by atoms with Crippen LogP contribution in [0.25, 0.3) is 0 Å². The van der Waals surface area contributed by atoms with Crippen molar-refractivity contribution in [1.29, 1.82) is 0 Å². The van der Waals surface area contributed by atoms with Crippen molar-refractivity contribution in [2.75, 3.05) is 18.1 Å². The molecule has 1 aromatic heterocycles. The SMILES string of the molecule is CCCNC(C)c1csc(Nc2cccc(SC)c2)n1. The van der Waals surface area contributed by atoms with Gasteiger partial charge in [-0.2, -0.15) is 0 Å². The monoisotopic (exact) mass is 307 g/mol. The molecule has 0 aliphatic heterocycles. The summed E-state index contributed by atoms with van der Waals surface area (Å²) < 4.78 is 0. The van der Waals surface area contributed by atoms with Crippen LogP contribution in [0.4, 0.5) is 10.8 Å². The summed E-state index contributed by atoms with van der Waals surface area (Å²) in [6.07, 6.45) is 3.22. The molecule has 1 atom stereocenters. The van der Waals surface area contributed by atoms with E-state index in [4.69, 9.17) is 0 Å². The number of benzene rings is 1. The molecule has 20 heavy (non-hydrogen) atoms. The summed E-state index contributed by atoms with van der Waals surface area (Å²) in [5.41, 5.74) is 2.19. The van der Waals surface area contributed by atoms with Gasteiger partial charge in [0.15, 0.2) is 5.13 Å². The number of nitrogens with zero attached hydrogens (tertiary/aromatic N) is 1. The Morgan fingerprint density at radius 2 is 2.25 bits per heavy atom. The summed E-state index contributed by atoms with van der Waals surface area (Å²) in [5, 5.41) is 9.90. The lowest BCUT2D eigenvalue weighted by molar-refractivity contribution is 0.561. The molecule has 3 nitrogen and oxygen atoms in total. The lowest BCUT2D eigenvalue weighted by atomic mass is 10.2. The summed E-state index contributed by atoms with van der Waals surface area (Å²) in [5.74, 6) is 0. The molecule has 0 aliphatic rings. The Labute approximate surface area is 129 Å². The van der Waals surface area contributed by atoms with Gasteiger partial charge in [0.05, 0.1) is 5.69 Å². The Bertz CT molecular complexity index is 539. The molecule has 0 fully saturated rings. The minimum Gasteiger partial charge on any atom is -0.332 e. The molecule has 5 heteroatoms. The number of hydrogen-bond donors (Lipinski definition) is 2. The third-order valence-corrected chi connectivity index (χ3v) is 4.49. The Hall–Kier alpha value is -1.04. The highest BCUT2D eigenvalue weighted by Gasteiger charge is 2.09. The maximum absolute atomic E-state index is 4.65. The molecule has 2 N–H and O–H groups in total. The average Bonchev–Trinajstić information content (AvgIpc) is 2.93. The summed E-state index contributed by atoms with van der Waals surface area (Å²) in [6, 6.07) is 8.69. The maximum Gasteiger partial charge on any atom is 0.187 e. The molecule has 0 spiro atoms. The van der Waals surface area contributed by atoms with Crippen molar-refractivity contribution >= 4 is 33.9 Å². The minimum absolute atomic E-state index is 0.305. The molecule has 1 aromatic carbocycles. The highest BCUT2D eigenvalue weighted by molar-refractivity contribution is 7.98. The number of rotatable bonds is 7. The fourth-order valence-corrected chi connectivity index (χ4v) is 3.12. The van der Waals surface area contributed by atoms with E-state index in [2.05, 4.69) is 65.4 Å². The zero-order chi connectivity index (χ0) is 14.4. The largest absolute Gasteiger partial charge is 0.332 e. The summed E-state index contributed by atoms with van der Waals surface area (Å²) in [4.78, 5) is 5.91. The average molecular weight is 307 g/mol. The van der Waals surface area contributed by atoms with Crippen LogP contribution in [0, 0.1) is 0 Å². The van der Waals surface area contributed by atoms with E-state index in [1.54, 1.807) is 23.1 Å². The number of hydrogen-bond acceptors (Lipinski definition) is 5. The van der Waals surface area contributed by atoms with E-state index in [1.807, 2.05) is 0 Å². The predicted octanol–water partition coefficient (Wildman–Crippen LogP) is 4.67. The maximum atomic E-state index is 4.65. The van der Waals surface area contributed by atoms with E-state index in [9.17, 15) is 0 Å². The van der Waals surface area contributed by atoms with Crippen LogP contribution in [-0.4, -0.2) is 17.8 Å². The lowest BCUT2D eigenvalue weighted by Gasteiger charge is -2.09. The molecular weight excluding hydrogens is 286 g/mol. The van der Waals surface area contributed by atoms with E-state index in [-0.39, 0.29) is 0 Å². The second kappa shape index (κ2) is 7.67. The molecular formula is C15H21N3S2. The number of anilines is 2. The smallest absolute Gasteiger partial charge is 0.187 e. The molecule has 1 unspecified atom stereocenters. The van der Waals surface area contributed by atoms with Crippen molar-refractivity contribution in [2.45, 2.75) is 31.2 Å². The van der Waals surface area contributed by atoms with Crippen LogP contribution in [0.1, 0.15) is 32.0 Å². The number of thioether (sulfide) groups is 1. The summed E-state index contributed by atoms with van der Waals surface area (Å²) in [7, 11) is 0. The van der Waals surface area contributed by atoms with Gasteiger partial charge in [-0.3, -0.25) is 0 Å². The highest BCUT2D eigenvalue weighted by atomic mass is 32.2. The van der Waals surface area contributed by atoms with Gasteiger partial charge in [-0.25, -0.2) is 4.98 Å². The first kappa shape index (κ1) is 15.4. The standard InChI is InChI=1S/C15H21N3S2/c1-4-8-16-11(2)14-10-20-15(18-14)17-12-6-5-7-13(9-12)19-3/h5-7,9-11,16H,4,8H2,1-3H3,(H,17,18). The van der Waals surface area contributed by atoms with Gasteiger partial charge in [-0.05, 0) is 44.3 Å². The second-order valence-electron chi connectivity index (χ2n) is 4.61. The highest BCUT2D eigenvalue weighted by Crippen LogP contribution is 2.26. The number of nitrogens with one attached hydrogen (secondary N) is 2. The molecule has 0 aliphatic carbocycles. The van der Waals surface area contributed by atoms with E-state index in [0.717, 1.165) is 29.5 Å². The molecule has 108 valence electrons. The zero-order valence-corrected chi connectivity index (χ0v) is 13.8. The van der Waals surface area contributed by atoms with Gasteiger partial charge in [0.1, 0.15) is 0 Å². The summed E-state index contributed by atoms with van der Waals surface area (Å²) >= 11 is 3.40. The van der Waals surface area contributed by atoms with Gasteiger partial charge in [0.25, 0.3) is 0 Å². The van der Waals surface area contributed by atoms with Crippen molar-refractivity contribution in [3.05, 3.63) is 35.3 Å². The first-order valence-corrected chi connectivity index (χ1v) is 8.93. The van der Waals surface area contributed by atoms with E-state index in [0.29, 0.717) is 6.04 Å². The Kier molecular flexibility index (Phi) is 5.88. The van der Waals surface area contributed by atoms with Crippen LogP contribution >= 0.6 is 23.1 Å². The van der Waals surface area contributed by atoms with Gasteiger partial charge in [0.2, 0.25) is 0 Å². The lowest BCUT2D eigenvalue weighted by Crippen LogP contribution is -2.19. The molecule has 0 saturated carbocycles. The third kappa shape index (κ3) is 4.23. The van der Waals surface area contributed by atoms with Crippen LogP contribution in [0.3, 0.4) is 0 Å². The number of aromatic nitrogens is 1. The molecule has 0 radical (unpaired) electrons. The molecule has 2 rings (SSSR count). The van der Waals surface area contributed by atoms with Gasteiger partial charge in [-0.15, -0.1) is 23.1 Å². The third-order valence-electron chi connectivity index (χ3n) is 2.99. The Balaban J connectivity index is 2.01. The molecule has 0 bridgehead atoms. The van der Waals surface area contributed by atoms with E-state index < -0.39 is 0 Å².